The third kappa shape index (κ3) is 3.42. The molecule has 6 nitrogen and oxygen atoms in total. The van der Waals surface area contributed by atoms with Gasteiger partial charge in [0.05, 0.1) is 10.7 Å². The minimum Gasteiger partial charge on any atom is -0.382 e. The Kier molecular flexibility index (Phi) is 4.14. The molecule has 2 aromatic rings. The summed E-state index contributed by atoms with van der Waals surface area (Å²) in [6.45, 7) is 0.101. The van der Waals surface area contributed by atoms with Crippen LogP contribution in [0, 0.1) is 0 Å². The highest BCUT2D eigenvalue weighted by molar-refractivity contribution is 6.33. The van der Waals surface area contributed by atoms with Gasteiger partial charge in [-0.3, -0.25) is 9.48 Å². The van der Waals surface area contributed by atoms with Gasteiger partial charge in [0.2, 0.25) is 5.91 Å². The fourth-order valence-corrected chi connectivity index (χ4v) is 2.11. The van der Waals surface area contributed by atoms with Crippen molar-refractivity contribution in [3.05, 3.63) is 35.5 Å². The Balaban J connectivity index is 2.03. The molecule has 0 radical (unpaired) electrons. The summed E-state index contributed by atoms with van der Waals surface area (Å²) in [7, 11) is 3.81. The van der Waals surface area contributed by atoms with Crippen molar-refractivity contribution in [1.29, 1.82) is 0 Å². The van der Waals surface area contributed by atoms with Crippen molar-refractivity contribution in [2.45, 2.75) is 6.54 Å². The highest BCUT2D eigenvalue weighted by Crippen LogP contribution is 2.27. The van der Waals surface area contributed by atoms with Gasteiger partial charge in [-0.15, -0.1) is 0 Å². The van der Waals surface area contributed by atoms with E-state index in [1.54, 1.807) is 24.4 Å². The number of nitrogen functional groups attached to an aromatic ring is 1. The normalized spacial score (nSPS) is 10.3. The Labute approximate surface area is 122 Å². The number of anilines is 3. The van der Waals surface area contributed by atoms with Gasteiger partial charge in [-0.25, -0.2) is 0 Å². The van der Waals surface area contributed by atoms with E-state index in [2.05, 4.69) is 10.4 Å². The first-order chi connectivity index (χ1) is 9.45. The first kappa shape index (κ1) is 14.2. The number of nitrogens with two attached hydrogens (primary N) is 1. The minimum atomic E-state index is -0.193. The van der Waals surface area contributed by atoms with Gasteiger partial charge in [0.1, 0.15) is 12.4 Å². The van der Waals surface area contributed by atoms with Crippen molar-refractivity contribution in [2.24, 2.45) is 0 Å². The predicted molar refractivity (Wildman–Crippen MR) is 81.0 cm³/mol. The number of nitrogens with zero attached hydrogens (tertiary/aromatic N) is 3. The Morgan fingerprint density at radius 3 is 2.75 bits per heavy atom. The highest BCUT2D eigenvalue weighted by atomic mass is 35.5. The summed E-state index contributed by atoms with van der Waals surface area (Å²) in [4.78, 5) is 13.8. The smallest absolute Gasteiger partial charge is 0.246 e. The lowest BCUT2D eigenvalue weighted by Crippen LogP contribution is -2.19. The Morgan fingerprint density at radius 2 is 2.20 bits per heavy atom. The van der Waals surface area contributed by atoms with E-state index in [1.807, 2.05) is 25.1 Å². The number of halogens is 1. The Bertz CT molecular complexity index is 623. The fourth-order valence-electron chi connectivity index (χ4n) is 1.76. The molecule has 7 heteroatoms. The molecule has 1 heterocycles. The van der Waals surface area contributed by atoms with E-state index in [9.17, 15) is 4.79 Å². The molecule has 0 aliphatic heterocycles. The third-order valence-electron chi connectivity index (χ3n) is 2.68. The van der Waals surface area contributed by atoms with Crippen molar-refractivity contribution in [3.63, 3.8) is 0 Å². The zero-order chi connectivity index (χ0) is 14.7. The molecule has 0 unspecified atom stereocenters. The van der Waals surface area contributed by atoms with Crippen molar-refractivity contribution in [2.75, 3.05) is 30.0 Å². The third-order valence-corrected chi connectivity index (χ3v) is 2.98. The second kappa shape index (κ2) is 5.83. The summed E-state index contributed by atoms with van der Waals surface area (Å²) >= 11 is 6.14. The van der Waals surface area contributed by atoms with Crippen LogP contribution in [0.1, 0.15) is 0 Å². The summed E-state index contributed by atoms with van der Waals surface area (Å²) in [6.07, 6.45) is 1.65. The summed E-state index contributed by atoms with van der Waals surface area (Å²) in [5.41, 5.74) is 7.02. The molecule has 1 aromatic heterocycles. The Hall–Kier alpha value is -2.21. The van der Waals surface area contributed by atoms with Gasteiger partial charge in [0.25, 0.3) is 0 Å². The van der Waals surface area contributed by atoms with E-state index in [-0.39, 0.29) is 12.5 Å². The molecule has 0 aliphatic carbocycles. The number of carbonyl (C=O) groups is 1. The molecule has 0 spiro atoms. The minimum absolute atomic E-state index is 0.101. The summed E-state index contributed by atoms with van der Waals surface area (Å²) in [5, 5.41) is 7.29. The zero-order valence-corrected chi connectivity index (χ0v) is 12.1. The summed E-state index contributed by atoms with van der Waals surface area (Å²) < 4.78 is 1.47. The molecular weight excluding hydrogens is 278 g/mol. The largest absolute Gasteiger partial charge is 0.382 e. The first-order valence-corrected chi connectivity index (χ1v) is 6.39. The van der Waals surface area contributed by atoms with E-state index in [1.165, 1.54) is 4.68 Å². The number of hydrogen-bond acceptors (Lipinski definition) is 4. The molecule has 0 bridgehead atoms. The zero-order valence-electron chi connectivity index (χ0n) is 11.3. The van der Waals surface area contributed by atoms with E-state index in [0.29, 0.717) is 16.5 Å². The van der Waals surface area contributed by atoms with E-state index in [4.69, 9.17) is 17.3 Å². The Morgan fingerprint density at radius 1 is 1.45 bits per heavy atom. The monoisotopic (exact) mass is 293 g/mol. The maximum atomic E-state index is 11.9. The van der Waals surface area contributed by atoms with Crippen molar-refractivity contribution < 1.29 is 4.79 Å². The average molecular weight is 294 g/mol. The fraction of sp³-hybridized carbons (Fsp3) is 0.231. The van der Waals surface area contributed by atoms with Crippen LogP contribution >= 0.6 is 11.6 Å². The van der Waals surface area contributed by atoms with Crippen LogP contribution in [0.4, 0.5) is 17.2 Å². The van der Waals surface area contributed by atoms with E-state index < -0.39 is 0 Å². The van der Waals surface area contributed by atoms with Gasteiger partial charge in [0, 0.05) is 26.0 Å². The molecule has 106 valence electrons. The van der Waals surface area contributed by atoms with Gasteiger partial charge in [-0.2, -0.15) is 5.10 Å². The molecule has 0 atom stereocenters. The number of aromatic nitrogens is 2. The second-order valence-electron chi connectivity index (χ2n) is 4.55. The molecule has 3 N–H and O–H groups in total. The number of benzene rings is 1. The lowest BCUT2D eigenvalue weighted by atomic mass is 10.2. The van der Waals surface area contributed by atoms with Gasteiger partial charge in [0.15, 0.2) is 0 Å². The van der Waals surface area contributed by atoms with E-state index in [0.717, 1.165) is 5.69 Å². The maximum absolute atomic E-state index is 11.9. The first-order valence-electron chi connectivity index (χ1n) is 6.01. The second-order valence-corrected chi connectivity index (χ2v) is 4.95. The molecule has 20 heavy (non-hydrogen) atoms. The van der Waals surface area contributed by atoms with Crippen LogP contribution in [-0.4, -0.2) is 29.8 Å². The molecule has 0 fully saturated rings. The number of amides is 1. The van der Waals surface area contributed by atoms with Gasteiger partial charge >= 0.3 is 0 Å². The van der Waals surface area contributed by atoms with Crippen LogP contribution in [0.15, 0.2) is 30.5 Å². The van der Waals surface area contributed by atoms with Gasteiger partial charge in [-0.1, -0.05) is 11.6 Å². The number of hydrogen-bond donors (Lipinski definition) is 2. The van der Waals surface area contributed by atoms with Crippen LogP contribution in [0.25, 0.3) is 0 Å². The quantitative estimate of drug-likeness (QED) is 0.901. The van der Waals surface area contributed by atoms with Crippen molar-refractivity contribution in [1.82, 2.24) is 9.78 Å². The molecule has 0 saturated heterocycles. The molecular formula is C13H16ClN5O. The molecule has 0 aliphatic rings. The number of rotatable bonds is 4. The molecule has 1 aromatic carbocycles. The van der Waals surface area contributed by atoms with Crippen LogP contribution < -0.4 is 16.0 Å². The SMILES string of the molecule is CN(C)c1ccc(NC(=O)Cn2ccc(N)n2)cc1Cl. The van der Waals surface area contributed by atoms with Crippen LogP contribution in [0.2, 0.25) is 5.02 Å². The maximum Gasteiger partial charge on any atom is 0.246 e. The van der Waals surface area contributed by atoms with Crippen molar-refractivity contribution in [3.8, 4) is 0 Å². The molecule has 1 amide bonds. The standard InChI is InChI=1S/C13H16ClN5O/c1-18(2)11-4-3-9(7-10(11)14)16-13(20)8-19-6-5-12(15)17-19/h3-7H,8H2,1-2H3,(H2,15,17)(H,16,20). The van der Waals surface area contributed by atoms with E-state index >= 15 is 0 Å². The van der Waals surface area contributed by atoms with Gasteiger partial charge in [-0.05, 0) is 24.3 Å². The summed E-state index contributed by atoms with van der Waals surface area (Å²) in [5.74, 6) is 0.193. The lowest BCUT2D eigenvalue weighted by molar-refractivity contribution is -0.116. The molecule has 2 rings (SSSR count). The van der Waals surface area contributed by atoms with Crippen LogP contribution in [0.3, 0.4) is 0 Å². The predicted octanol–water partition coefficient (Wildman–Crippen LogP) is 1.82. The van der Waals surface area contributed by atoms with Gasteiger partial charge < -0.3 is 16.0 Å². The topological polar surface area (TPSA) is 76.2 Å². The van der Waals surface area contributed by atoms with Crippen molar-refractivity contribution >= 4 is 34.7 Å². The average Bonchev–Trinajstić information content (AvgIpc) is 2.74. The lowest BCUT2D eigenvalue weighted by Gasteiger charge is -2.15. The number of carbonyl (C=O) groups excluding carboxylic acids is 1. The summed E-state index contributed by atoms with van der Waals surface area (Å²) in [6, 6.07) is 7.00. The van der Waals surface area contributed by atoms with Crippen LogP contribution in [-0.2, 0) is 11.3 Å². The highest BCUT2D eigenvalue weighted by Gasteiger charge is 2.07. The number of nitrogens with one attached hydrogen (secondary N) is 1. The van der Waals surface area contributed by atoms with Crippen LogP contribution in [0.5, 0.6) is 0 Å². The molecule has 0 saturated carbocycles.